The van der Waals surface area contributed by atoms with Crippen LogP contribution in [0.5, 0.6) is 0 Å². The van der Waals surface area contributed by atoms with E-state index >= 15 is 0 Å². The molecule has 0 aromatic carbocycles. The van der Waals surface area contributed by atoms with Gasteiger partial charge in [-0.15, -0.1) is 0 Å². The zero-order chi connectivity index (χ0) is 33.3. The van der Waals surface area contributed by atoms with Crippen molar-refractivity contribution in [2.45, 2.75) is 132 Å². The number of hydrogen-bond acceptors (Lipinski definition) is 5. The summed E-state index contributed by atoms with van der Waals surface area (Å²) in [5, 5.41) is 0. The van der Waals surface area contributed by atoms with Crippen molar-refractivity contribution < 1.29 is 28.4 Å². The van der Waals surface area contributed by atoms with Crippen LogP contribution < -0.4 is 4.57 Å². The van der Waals surface area contributed by atoms with Gasteiger partial charge in [-0.05, 0) is 104 Å². The van der Waals surface area contributed by atoms with Crippen LogP contribution in [0.3, 0.4) is 0 Å². The maximum absolute atomic E-state index is 14.7. The molecule has 5 aliphatic rings. The van der Waals surface area contributed by atoms with Gasteiger partial charge in [-0.1, -0.05) is 53.2 Å². The fraction of sp³-hybridized carbons (Fsp3) is 0.750. The SMILES string of the molecule is COC(=O)[C@@]1(C)CC[C@]2(C)CC[C@]3(C)C(=CC(=O)[C@@H]4[C@@]5(C)CCC(OC(=O)CCC[n+]6ccccc6)C(C)(C)[C@@H]5CC[C@]43C)[C@@H]2C1. The predicted octanol–water partition coefficient (Wildman–Crippen LogP) is 7.82. The molecule has 0 aliphatic heterocycles. The van der Waals surface area contributed by atoms with Gasteiger partial charge in [0.2, 0.25) is 0 Å². The monoisotopic (exact) mass is 632 g/mol. The van der Waals surface area contributed by atoms with Crippen molar-refractivity contribution in [3.05, 3.63) is 42.2 Å². The van der Waals surface area contributed by atoms with Crippen LogP contribution in [0, 0.1) is 50.2 Å². The normalized spacial score (nSPS) is 42.8. The molecule has 1 unspecified atom stereocenters. The molecule has 4 saturated carbocycles. The molecule has 0 radical (unpaired) electrons. The summed E-state index contributed by atoms with van der Waals surface area (Å²) >= 11 is 0. The highest BCUT2D eigenvalue weighted by Crippen LogP contribution is 2.75. The zero-order valence-electron chi connectivity index (χ0n) is 29.7. The molecule has 1 aromatic rings. The van der Waals surface area contributed by atoms with E-state index in [0.29, 0.717) is 12.2 Å². The average Bonchev–Trinajstić information content (AvgIpc) is 3.00. The molecule has 0 amide bonds. The molecule has 0 spiro atoms. The van der Waals surface area contributed by atoms with Crippen LogP contribution in [0.15, 0.2) is 42.2 Å². The number of ether oxygens (including phenoxy) is 2. The lowest BCUT2D eigenvalue weighted by Crippen LogP contribution is -2.66. The highest BCUT2D eigenvalue weighted by molar-refractivity contribution is 5.95. The molecule has 1 heterocycles. The van der Waals surface area contributed by atoms with Gasteiger partial charge in [-0.2, -0.15) is 0 Å². The fourth-order valence-corrected chi connectivity index (χ4v) is 12.0. The number of rotatable bonds is 6. The summed E-state index contributed by atoms with van der Waals surface area (Å²) in [7, 11) is 1.50. The number of esters is 2. The highest BCUT2D eigenvalue weighted by atomic mass is 16.5. The number of nitrogens with zero attached hydrogens (tertiary/aromatic N) is 1. The number of ketones is 1. The van der Waals surface area contributed by atoms with Crippen molar-refractivity contribution in [2.75, 3.05) is 7.11 Å². The van der Waals surface area contributed by atoms with Crippen LogP contribution in [0.4, 0.5) is 0 Å². The minimum Gasteiger partial charge on any atom is -0.469 e. The quantitative estimate of drug-likeness (QED) is 0.236. The Kier molecular flexibility index (Phi) is 8.20. The third-order valence-electron chi connectivity index (χ3n) is 15.0. The maximum Gasteiger partial charge on any atom is 0.311 e. The first-order valence-corrected chi connectivity index (χ1v) is 18.0. The molecule has 252 valence electrons. The Bertz CT molecular complexity index is 1420. The molecule has 9 atom stereocenters. The third-order valence-corrected chi connectivity index (χ3v) is 15.0. The lowest BCUT2D eigenvalue weighted by Gasteiger charge is -2.70. The molecule has 46 heavy (non-hydrogen) atoms. The summed E-state index contributed by atoms with van der Waals surface area (Å²) in [5.74, 6) is 0.509. The molecule has 0 bridgehead atoms. The first kappa shape index (κ1) is 33.4. The first-order valence-electron chi connectivity index (χ1n) is 18.0. The Morgan fingerprint density at radius 1 is 0.891 bits per heavy atom. The van der Waals surface area contributed by atoms with Gasteiger partial charge in [0.15, 0.2) is 18.2 Å². The van der Waals surface area contributed by atoms with Crippen LogP contribution in [-0.2, 0) is 30.4 Å². The number of fused-ring (bicyclic) bond motifs is 7. The van der Waals surface area contributed by atoms with E-state index in [1.54, 1.807) is 0 Å². The van der Waals surface area contributed by atoms with Crippen molar-refractivity contribution in [1.29, 1.82) is 0 Å². The summed E-state index contributed by atoms with van der Waals surface area (Å²) in [6.45, 7) is 17.1. The standard InChI is InChI=1S/C40H58NO5/c1-35(2)30-14-17-40(7)33(38(30,5)16-15-31(35)46-32(43)13-12-24-41-22-10-9-11-23-41)29(42)25-27-28-26-37(4,34(44)45-8)19-18-36(28,3)20-21-39(27,40)6/h9-11,22-23,25,28,30-31,33H,12-21,24,26H2,1-8H3/q+1/t28-,30-,31?,33+,36+,37-,38-,39+,40+/m0/s1. The molecule has 0 saturated heterocycles. The van der Waals surface area contributed by atoms with Crippen molar-refractivity contribution in [3.63, 3.8) is 0 Å². The third kappa shape index (κ3) is 4.93. The molecular formula is C40H58NO5+. The number of hydrogen-bond donors (Lipinski definition) is 0. The van der Waals surface area contributed by atoms with Gasteiger partial charge in [-0.25, -0.2) is 4.57 Å². The number of carbonyl (C=O) groups excluding carboxylic acids is 3. The zero-order valence-corrected chi connectivity index (χ0v) is 29.7. The molecule has 6 rings (SSSR count). The number of allylic oxidation sites excluding steroid dienone is 2. The molecule has 1 aromatic heterocycles. The second kappa shape index (κ2) is 11.3. The second-order valence-electron chi connectivity index (χ2n) is 17.8. The predicted molar refractivity (Wildman–Crippen MR) is 177 cm³/mol. The Labute approximate surface area is 277 Å². The van der Waals surface area contributed by atoms with Crippen molar-refractivity contribution in [2.24, 2.45) is 50.2 Å². The maximum atomic E-state index is 14.7. The summed E-state index contributed by atoms with van der Waals surface area (Å²) in [4.78, 5) is 40.7. The van der Waals surface area contributed by atoms with Gasteiger partial charge in [0, 0.05) is 29.9 Å². The molecule has 6 nitrogen and oxygen atoms in total. The number of carbonyl (C=O) groups is 3. The van der Waals surface area contributed by atoms with Gasteiger partial charge in [0.05, 0.1) is 18.9 Å². The summed E-state index contributed by atoms with van der Waals surface area (Å²) < 4.78 is 13.7. The van der Waals surface area contributed by atoms with Gasteiger partial charge in [0.25, 0.3) is 0 Å². The Morgan fingerprint density at radius 3 is 2.28 bits per heavy atom. The van der Waals surface area contributed by atoms with E-state index in [4.69, 9.17) is 9.47 Å². The van der Waals surface area contributed by atoms with Crippen molar-refractivity contribution in [1.82, 2.24) is 0 Å². The lowest BCUT2D eigenvalue weighted by atomic mass is 9.33. The van der Waals surface area contributed by atoms with Crippen LogP contribution in [0.25, 0.3) is 0 Å². The highest BCUT2D eigenvalue weighted by Gasteiger charge is 2.70. The molecule has 5 aliphatic carbocycles. The van der Waals surface area contributed by atoms with Crippen LogP contribution in [0.1, 0.15) is 119 Å². The Hall–Kier alpha value is -2.50. The smallest absolute Gasteiger partial charge is 0.311 e. The van der Waals surface area contributed by atoms with E-state index in [0.717, 1.165) is 70.8 Å². The van der Waals surface area contributed by atoms with Gasteiger partial charge in [-0.3, -0.25) is 14.4 Å². The van der Waals surface area contributed by atoms with E-state index < -0.39 is 5.41 Å². The molecule has 4 fully saturated rings. The van der Waals surface area contributed by atoms with Gasteiger partial charge in [0.1, 0.15) is 12.6 Å². The van der Waals surface area contributed by atoms with Gasteiger partial charge >= 0.3 is 11.9 Å². The summed E-state index contributed by atoms with van der Waals surface area (Å²) in [6, 6.07) is 6.01. The largest absolute Gasteiger partial charge is 0.469 e. The van der Waals surface area contributed by atoms with E-state index in [-0.39, 0.29) is 62.9 Å². The fourth-order valence-electron chi connectivity index (χ4n) is 12.0. The minimum atomic E-state index is -0.511. The minimum absolute atomic E-state index is 0.0636. The number of methoxy groups -OCH3 is 1. The number of aromatic nitrogens is 1. The molecular weight excluding hydrogens is 574 g/mol. The number of pyridine rings is 1. The Morgan fingerprint density at radius 2 is 1.59 bits per heavy atom. The van der Waals surface area contributed by atoms with Crippen LogP contribution >= 0.6 is 0 Å². The summed E-state index contributed by atoms with van der Waals surface area (Å²) in [5.41, 5.74) is 0.268. The van der Waals surface area contributed by atoms with E-state index in [1.165, 1.54) is 12.7 Å². The summed E-state index contributed by atoms with van der Waals surface area (Å²) in [6.07, 6.45) is 15.7. The molecule has 6 heteroatoms. The Balaban J connectivity index is 1.24. The topological polar surface area (TPSA) is 73.6 Å². The van der Waals surface area contributed by atoms with Crippen molar-refractivity contribution >= 4 is 17.7 Å². The molecule has 0 N–H and O–H groups in total. The first-order chi connectivity index (χ1) is 21.5. The van der Waals surface area contributed by atoms with Crippen molar-refractivity contribution in [3.8, 4) is 0 Å². The van der Waals surface area contributed by atoms with E-state index in [9.17, 15) is 14.4 Å². The van der Waals surface area contributed by atoms with Crippen LogP contribution in [-0.4, -0.2) is 30.9 Å². The second-order valence-corrected chi connectivity index (χ2v) is 17.8. The van der Waals surface area contributed by atoms with E-state index in [2.05, 4.69) is 59.1 Å². The van der Waals surface area contributed by atoms with Gasteiger partial charge < -0.3 is 9.47 Å². The van der Waals surface area contributed by atoms with Crippen LogP contribution in [0.2, 0.25) is 0 Å². The van der Waals surface area contributed by atoms with E-state index in [1.807, 2.05) is 30.6 Å². The lowest BCUT2D eigenvalue weighted by molar-refractivity contribution is -0.697. The average molecular weight is 633 g/mol. The number of aryl methyl sites for hydroxylation is 1.